The van der Waals surface area contributed by atoms with E-state index in [0.29, 0.717) is 0 Å². The fourth-order valence-electron chi connectivity index (χ4n) is 2.38. The predicted octanol–water partition coefficient (Wildman–Crippen LogP) is 2.38. The second-order valence-electron chi connectivity index (χ2n) is 4.58. The quantitative estimate of drug-likeness (QED) is 0.566. The van der Waals surface area contributed by atoms with Gasteiger partial charge >= 0.3 is 0 Å². The number of para-hydroxylation sites is 1. The van der Waals surface area contributed by atoms with E-state index in [9.17, 15) is 0 Å². The Morgan fingerprint density at radius 2 is 2.21 bits per heavy atom. The highest BCUT2D eigenvalue weighted by Crippen LogP contribution is 2.25. The van der Waals surface area contributed by atoms with E-state index in [1.165, 1.54) is 5.56 Å². The minimum absolute atomic E-state index is 0.0284. The van der Waals surface area contributed by atoms with Crippen molar-refractivity contribution in [1.82, 2.24) is 15.2 Å². The average molecular weight is 272 g/mol. The van der Waals surface area contributed by atoms with Crippen LogP contribution in [0.25, 0.3) is 10.9 Å². The Labute approximate surface area is 115 Å². The van der Waals surface area contributed by atoms with Gasteiger partial charge < -0.3 is 0 Å². The highest BCUT2D eigenvalue weighted by atomic mass is 32.1. The van der Waals surface area contributed by atoms with E-state index in [1.54, 1.807) is 11.3 Å². The molecule has 3 aromatic rings. The molecule has 0 aliphatic carbocycles. The Kier molecular flexibility index (Phi) is 3.33. The van der Waals surface area contributed by atoms with Crippen LogP contribution in [0.4, 0.5) is 0 Å². The minimum atomic E-state index is 0.0284. The van der Waals surface area contributed by atoms with Gasteiger partial charge in [-0.15, -0.1) is 0 Å². The van der Waals surface area contributed by atoms with Gasteiger partial charge in [-0.3, -0.25) is 16.0 Å². The summed E-state index contributed by atoms with van der Waals surface area (Å²) >= 11 is 1.70. The Morgan fingerprint density at radius 3 is 2.95 bits per heavy atom. The van der Waals surface area contributed by atoms with Gasteiger partial charge in [-0.05, 0) is 34.9 Å². The zero-order chi connectivity index (χ0) is 13.2. The van der Waals surface area contributed by atoms with E-state index >= 15 is 0 Å². The molecule has 0 saturated carbocycles. The van der Waals surface area contributed by atoms with Crippen LogP contribution < -0.4 is 11.3 Å². The summed E-state index contributed by atoms with van der Waals surface area (Å²) in [4.78, 5) is 0. The summed E-state index contributed by atoms with van der Waals surface area (Å²) in [6, 6.07) is 10.4. The molecule has 3 rings (SSSR count). The van der Waals surface area contributed by atoms with E-state index in [4.69, 9.17) is 5.84 Å². The van der Waals surface area contributed by atoms with E-state index in [2.05, 4.69) is 39.5 Å². The molecule has 19 heavy (non-hydrogen) atoms. The molecule has 0 radical (unpaired) electrons. The van der Waals surface area contributed by atoms with Crippen LogP contribution in [0, 0.1) is 0 Å². The van der Waals surface area contributed by atoms with Crippen LogP contribution in [-0.4, -0.2) is 9.78 Å². The first-order chi connectivity index (χ1) is 9.29. The molecule has 0 aliphatic heterocycles. The van der Waals surface area contributed by atoms with Gasteiger partial charge in [0.05, 0.1) is 17.3 Å². The van der Waals surface area contributed by atoms with E-state index in [0.717, 1.165) is 23.0 Å². The van der Waals surface area contributed by atoms with Crippen molar-refractivity contribution in [3.05, 3.63) is 52.3 Å². The number of thiophene rings is 1. The Hall–Kier alpha value is -1.69. The molecule has 1 atom stereocenters. The van der Waals surface area contributed by atoms with Crippen LogP contribution in [0.15, 0.2) is 41.1 Å². The van der Waals surface area contributed by atoms with E-state index in [-0.39, 0.29) is 6.04 Å². The van der Waals surface area contributed by atoms with Gasteiger partial charge in [0, 0.05) is 12.4 Å². The summed E-state index contributed by atoms with van der Waals surface area (Å²) in [6.45, 7) is 0. The number of nitrogens with two attached hydrogens (primary N) is 1. The number of hydrogen-bond acceptors (Lipinski definition) is 4. The first kappa shape index (κ1) is 12.3. The fraction of sp³-hybridized carbons (Fsp3) is 0.214. The zero-order valence-electron chi connectivity index (χ0n) is 10.7. The molecular weight excluding hydrogens is 256 g/mol. The second-order valence-corrected chi connectivity index (χ2v) is 5.36. The molecule has 0 saturated heterocycles. The van der Waals surface area contributed by atoms with Gasteiger partial charge in [0.1, 0.15) is 0 Å². The topological polar surface area (TPSA) is 55.9 Å². The van der Waals surface area contributed by atoms with Crippen molar-refractivity contribution in [2.24, 2.45) is 12.9 Å². The standard InChI is InChI=1S/C14H16N4S/c1-18-13-5-3-2-4-11(13)14(17-18)12(16-15)8-10-6-7-19-9-10/h2-7,9,12,16H,8,15H2,1H3. The predicted molar refractivity (Wildman–Crippen MR) is 78.8 cm³/mol. The third-order valence-electron chi connectivity index (χ3n) is 3.34. The molecule has 1 unspecified atom stereocenters. The summed E-state index contributed by atoms with van der Waals surface area (Å²) in [5.74, 6) is 5.73. The number of nitrogens with one attached hydrogen (secondary N) is 1. The van der Waals surface area contributed by atoms with Crippen molar-refractivity contribution < 1.29 is 0 Å². The highest BCUT2D eigenvalue weighted by molar-refractivity contribution is 7.07. The summed E-state index contributed by atoms with van der Waals surface area (Å²) in [5, 5.41) is 10.0. The molecule has 98 valence electrons. The van der Waals surface area contributed by atoms with Gasteiger partial charge in [0.2, 0.25) is 0 Å². The number of aryl methyl sites for hydroxylation is 1. The molecule has 0 spiro atoms. The molecule has 2 aromatic heterocycles. The number of nitrogens with zero attached hydrogens (tertiary/aromatic N) is 2. The minimum Gasteiger partial charge on any atom is -0.271 e. The van der Waals surface area contributed by atoms with Crippen LogP contribution in [0.3, 0.4) is 0 Å². The molecular formula is C14H16N4S. The van der Waals surface area contributed by atoms with Crippen LogP contribution in [0.5, 0.6) is 0 Å². The smallest absolute Gasteiger partial charge is 0.0889 e. The van der Waals surface area contributed by atoms with Gasteiger partial charge in [0.25, 0.3) is 0 Å². The monoisotopic (exact) mass is 272 g/mol. The third-order valence-corrected chi connectivity index (χ3v) is 4.07. The molecule has 0 fully saturated rings. The number of rotatable bonds is 4. The summed E-state index contributed by atoms with van der Waals surface area (Å²) < 4.78 is 1.91. The third kappa shape index (κ3) is 2.28. The summed E-state index contributed by atoms with van der Waals surface area (Å²) in [7, 11) is 1.96. The normalized spacial score (nSPS) is 12.9. The fourth-order valence-corrected chi connectivity index (χ4v) is 3.06. The van der Waals surface area contributed by atoms with Crippen LogP contribution >= 0.6 is 11.3 Å². The number of benzene rings is 1. The van der Waals surface area contributed by atoms with Crippen molar-refractivity contribution >= 4 is 22.2 Å². The number of fused-ring (bicyclic) bond motifs is 1. The zero-order valence-corrected chi connectivity index (χ0v) is 11.5. The molecule has 0 amide bonds. The Morgan fingerprint density at radius 1 is 1.37 bits per heavy atom. The van der Waals surface area contributed by atoms with Crippen molar-refractivity contribution in [1.29, 1.82) is 0 Å². The molecule has 0 aliphatic rings. The number of hydrogen-bond donors (Lipinski definition) is 2. The van der Waals surface area contributed by atoms with Gasteiger partial charge in [-0.2, -0.15) is 16.4 Å². The Balaban J connectivity index is 2.01. The van der Waals surface area contributed by atoms with Crippen molar-refractivity contribution in [3.63, 3.8) is 0 Å². The van der Waals surface area contributed by atoms with Crippen LogP contribution in [-0.2, 0) is 13.5 Å². The van der Waals surface area contributed by atoms with Gasteiger partial charge in [-0.1, -0.05) is 18.2 Å². The second kappa shape index (κ2) is 5.13. The highest BCUT2D eigenvalue weighted by Gasteiger charge is 2.18. The van der Waals surface area contributed by atoms with E-state index < -0.39 is 0 Å². The lowest BCUT2D eigenvalue weighted by atomic mass is 10.0. The molecule has 0 bridgehead atoms. The molecule has 2 heterocycles. The first-order valence-corrected chi connectivity index (χ1v) is 7.12. The lowest BCUT2D eigenvalue weighted by molar-refractivity contribution is 0.533. The largest absolute Gasteiger partial charge is 0.271 e. The van der Waals surface area contributed by atoms with Crippen LogP contribution in [0.2, 0.25) is 0 Å². The SMILES string of the molecule is Cn1nc(C(Cc2ccsc2)NN)c2ccccc21. The lowest BCUT2D eigenvalue weighted by Crippen LogP contribution is -2.30. The molecule has 4 nitrogen and oxygen atoms in total. The summed E-state index contributed by atoms with van der Waals surface area (Å²) in [6.07, 6.45) is 0.848. The maximum Gasteiger partial charge on any atom is 0.0889 e. The maximum atomic E-state index is 5.73. The van der Waals surface area contributed by atoms with Gasteiger partial charge in [0.15, 0.2) is 0 Å². The molecule has 1 aromatic carbocycles. The molecule has 5 heteroatoms. The average Bonchev–Trinajstić information content (AvgIpc) is 3.05. The maximum absolute atomic E-state index is 5.73. The van der Waals surface area contributed by atoms with Crippen LogP contribution in [0.1, 0.15) is 17.3 Å². The lowest BCUT2D eigenvalue weighted by Gasteiger charge is -2.13. The van der Waals surface area contributed by atoms with Crippen molar-refractivity contribution in [3.8, 4) is 0 Å². The Bertz CT molecular complexity index is 672. The van der Waals surface area contributed by atoms with Gasteiger partial charge in [-0.25, -0.2) is 0 Å². The number of hydrazine groups is 1. The van der Waals surface area contributed by atoms with Crippen molar-refractivity contribution in [2.75, 3.05) is 0 Å². The van der Waals surface area contributed by atoms with Crippen molar-refractivity contribution in [2.45, 2.75) is 12.5 Å². The number of aromatic nitrogens is 2. The first-order valence-electron chi connectivity index (χ1n) is 6.18. The molecule has 3 N–H and O–H groups in total. The van der Waals surface area contributed by atoms with E-state index in [1.807, 2.05) is 23.9 Å². The summed E-state index contributed by atoms with van der Waals surface area (Å²) in [5.41, 5.74) is 6.31.